The Morgan fingerprint density at radius 1 is 1.40 bits per heavy atom. The number of rotatable bonds is 3. The van der Waals surface area contributed by atoms with Gasteiger partial charge in [-0.05, 0) is 11.6 Å². The molecule has 1 N–H and O–H groups in total. The zero-order chi connectivity index (χ0) is 18.2. The molecule has 7 nitrogen and oxygen atoms in total. The van der Waals surface area contributed by atoms with Crippen LogP contribution in [0, 0.1) is 5.92 Å². The number of likely N-dealkylation sites (tertiary alicyclic amines) is 1. The predicted molar refractivity (Wildman–Crippen MR) is 91.7 cm³/mol. The summed E-state index contributed by atoms with van der Waals surface area (Å²) in [5, 5.41) is 6.69. The average molecular weight is 342 g/mol. The Hall–Kier alpha value is -2.70. The summed E-state index contributed by atoms with van der Waals surface area (Å²) in [7, 11) is 1.71. The number of amides is 2. The van der Waals surface area contributed by atoms with Crippen molar-refractivity contribution in [2.24, 2.45) is 5.92 Å². The first-order valence-corrected chi connectivity index (χ1v) is 8.21. The van der Waals surface area contributed by atoms with Crippen molar-refractivity contribution in [1.29, 1.82) is 0 Å². The molecule has 1 fully saturated rings. The van der Waals surface area contributed by atoms with E-state index in [1.54, 1.807) is 36.5 Å². The van der Waals surface area contributed by atoms with Crippen molar-refractivity contribution < 1.29 is 14.1 Å². The van der Waals surface area contributed by atoms with E-state index in [1.807, 2.05) is 26.8 Å². The summed E-state index contributed by atoms with van der Waals surface area (Å²) in [4.78, 5) is 30.6. The molecule has 3 rings (SSSR count). The summed E-state index contributed by atoms with van der Waals surface area (Å²) in [6.45, 7) is 6.01. The molecule has 3 heterocycles. The average Bonchev–Trinajstić information content (AvgIpc) is 3.14. The Kier molecular flexibility index (Phi) is 4.32. The van der Waals surface area contributed by atoms with E-state index >= 15 is 0 Å². The second kappa shape index (κ2) is 6.31. The molecule has 25 heavy (non-hydrogen) atoms. The van der Waals surface area contributed by atoms with Gasteiger partial charge in [0.2, 0.25) is 11.8 Å². The predicted octanol–water partition coefficient (Wildman–Crippen LogP) is 2.53. The lowest BCUT2D eigenvalue weighted by Crippen LogP contribution is -2.30. The largest absolute Gasteiger partial charge is 0.359 e. The van der Waals surface area contributed by atoms with Gasteiger partial charge in [0.15, 0.2) is 5.82 Å². The fourth-order valence-electron chi connectivity index (χ4n) is 3.02. The molecule has 0 aromatic carbocycles. The Labute approximate surface area is 146 Å². The maximum Gasteiger partial charge on any atom is 0.231 e. The Morgan fingerprint density at radius 3 is 2.76 bits per heavy atom. The molecule has 7 heteroatoms. The third-order valence-electron chi connectivity index (χ3n) is 4.45. The van der Waals surface area contributed by atoms with Crippen LogP contribution >= 0.6 is 0 Å². The van der Waals surface area contributed by atoms with Crippen LogP contribution in [0.2, 0.25) is 0 Å². The van der Waals surface area contributed by atoms with Crippen LogP contribution in [0.1, 0.15) is 44.6 Å². The first-order valence-electron chi connectivity index (χ1n) is 8.21. The zero-order valence-corrected chi connectivity index (χ0v) is 14.8. The van der Waals surface area contributed by atoms with Gasteiger partial charge in [-0.25, -0.2) is 0 Å². The minimum absolute atomic E-state index is 0.0652. The zero-order valence-electron chi connectivity index (χ0n) is 14.8. The molecule has 1 saturated heterocycles. The molecule has 0 saturated carbocycles. The molecule has 0 bridgehead atoms. The summed E-state index contributed by atoms with van der Waals surface area (Å²) in [5.41, 5.74) is 0.643. The van der Waals surface area contributed by atoms with E-state index in [4.69, 9.17) is 4.52 Å². The lowest BCUT2D eigenvalue weighted by Gasteiger charge is -2.24. The molecule has 1 aliphatic heterocycles. The first-order chi connectivity index (χ1) is 11.8. The van der Waals surface area contributed by atoms with Gasteiger partial charge in [0.05, 0.1) is 12.0 Å². The topological polar surface area (TPSA) is 88.3 Å². The van der Waals surface area contributed by atoms with Gasteiger partial charge < -0.3 is 14.7 Å². The van der Waals surface area contributed by atoms with Crippen LogP contribution < -0.4 is 5.32 Å². The number of nitrogens with one attached hydrogen (secondary N) is 1. The van der Waals surface area contributed by atoms with Gasteiger partial charge in [-0.15, -0.1) is 0 Å². The highest BCUT2D eigenvalue weighted by Gasteiger charge is 2.43. The van der Waals surface area contributed by atoms with Gasteiger partial charge in [0.1, 0.15) is 5.76 Å². The van der Waals surface area contributed by atoms with Crippen LogP contribution in [0.3, 0.4) is 0 Å². The summed E-state index contributed by atoms with van der Waals surface area (Å²) in [6.07, 6.45) is 3.51. The molecule has 1 aliphatic rings. The Bertz CT molecular complexity index is 779. The molecule has 0 radical (unpaired) electrons. The highest BCUT2D eigenvalue weighted by Crippen LogP contribution is 2.37. The monoisotopic (exact) mass is 342 g/mol. The smallest absolute Gasteiger partial charge is 0.231 e. The van der Waals surface area contributed by atoms with Crippen LogP contribution in [-0.2, 0) is 15.0 Å². The second-order valence-corrected chi connectivity index (χ2v) is 7.36. The van der Waals surface area contributed by atoms with Gasteiger partial charge in [-0.1, -0.05) is 32.0 Å². The van der Waals surface area contributed by atoms with E-state index in [0.717, 1.165) is 5.56 Å². The van der Waals surface area contributed by atoms with Gasteiger partial charge in [-0.2, -0.15) is 0 Å². The molecule has 2 aromatic heterocycles. The van der Waals surface area contributed by atoms with Crippen molar-refractivity contribution in [3.8, 4) is 0 Å². The first kappa shape index (κ1) is 17.1. The lowest BCUT2D eigenvalue weighted by molar-refractivity contribution is -0.128. The maximum absolute atomic E-state index is 12.8. The van der Waals surface area contributed by atoms with Crippen molar-refractivity contribution in [2.45, 2.75) is 38.6 Å². The number of nitrogens with zero attached hydrogens (tertiary/aromatic N) is 3. The number of hydrogen-bond donors (Lipinski definition) is 1. The van der Waals surface area contributed by atoms with Gasteiger partial charge in [-0.3, -0.25) is 14.6 Å². The number of aromatic nitrogens is 2. The Morgan fingerprint density at radius 2 is 2.16 bits per heavy atom. The molecule has 2 aromatic rings. The van der Waals surface area contributed by atoms with Crippen molar-refractivity contribution >= 4 is 17.6 Å². The lowest BCUT2D eigenvalue weighted by atomic mass is 9.93. The number of anilines is 1. The van der Waals surface area contributed by atoms with Crippen molar-refractivity contribution in [3.63, 3.8) is 0 Å². The second-order valence-electron chi connectivity index (χ2n) is 7.36. The molecule has 0 spiro atoms. The van der Waals surface area contributed by atoms with Gasteiger partial charge >= 0.3 is 0 Å². The van der Waals surface area contributed by atoms with E-state index in [-0.39, 0.29) is 29.7 Å². The molecular weight excluding hydrogens is 320 g/mol. The fourth-order valence-corrected chi connectivity index (χ4v) is 3.02. The number of pyridine rings is 1. The van der Waals surface area contributed by atoms with E-state index in [0.29, 0.717) is 11.6 Å². The van der Waals surface area contributed by atoms with Crippen LogP contribution in [0.5, 0.6) is 0 Å². The summed E-state index contributed by atoms with van der Waals surface area (Å²) in [6, 6.07) is 5.06. The summed E-state index contributed by atoms with van der Waals surface area (Å²) < 4.78 is 5.29. The molecular formula is C18H22N4O3. The highest BCUT2D eigenvalue weighted by atomic mass is 16.5. The minimum atomic E-state index is -0.503. The van der Waals surface area contributed by atoms with Gasteiger partial charge in [0, 0.05) is 37.3 Å². The van der Waals surface area contributed by atoms with E-state index in [9.17, 15) is 9.59 Å². The van der Waals surface area contributed by atoms with Gasteiger partial charge in [0.25, 0.3) is 0 Å². The third-order valence-corrected chi connectivity index (χ3v) is 4.45. The Balaban J connectivity index is 1.80. The van der Waals surface area contributed by atoms with Crippen LogP contribution in [0.15, 0.2) is 35.1 Å². The molecule has 0 aliphatic carbocycles. The van der Waals surface area contributed by atoms with Crippen molar-refractivity contribution in [2.75, 3.05) is 12.4 Å². The number of carbonyl (C=O) groups excluding carboxylic acids is 2. The van der Waals surface area contributed by atoms with E-state index in [2.05, 4.69) is 15.5 Å². The van der Waals surface area contributed by atoms with Crippen LogP contribution in [-0.4, -0.2) is 33.9 Å². The summed E-state index contributed by atoms with van der Waals surface area (Å²) in [5.74, 6) is 0.231. The van der Waals surface area contributed by atoms with E-state index < -0.39 is 5.92 Å². The van der Waals surface area contributed by atoms with Crippen molar-refractivity contribution in [3.05, 3.63) is 41.9 Å². The summed E-state index contributed by atoms with van der Waals surface area (Å²) >= 11 is 0. The van der Waals surface area contributed by atoms with Crippen LogP contribution in [0.4, 0.5) is 5.82 Å². The SMILES string of the molecule is CN1C(=O)CC(C(=O)Nc2cc(C(C)(C)C)on2)C1c1cccnc1. The molecule has 2 unspecified atom stereocenters. The number of carbonyl (C=O) groups is 2. The highest BCUT2D eigenvalue weighted by molar-refractivity contribution is 5.97. The quantitative estimate of drug-likeness (QED) is 0.926. The fraction of sp³-hybridized carbons (Fsp3) is 0.444. The minimum Gasteiger partial charge on any atom is -0.359 e. The molecule has 2 atom stereocenters. The number of hydrogen-bond acceptors (Lipinski definition) is 5. The third kappa shape index (κ3) is 3.40. The standard InChI is InChI=1S/C18H22N4O3/c1-18(2,3)13-9-14(21-25-13)20-17(24)12-8-15(23)22(4)16(12)11-6-5-7-19-10-11/h5-7,9-10,12,16H,8H2,1-4H3,(H,20,21,24). The molecule has 132 valence electrons. The maximum atomic E-state index is 12.8. The normalized spacial score (nSPS) is 20.8. The van der Waals surface area contributed by atoms with Crippen molar-refractivity contribution in [1.82, 2.24) is 15.0 Å². The molecule has 2 amide bonds. The van der Waals surface area contributed by atoms with E-state index in [1.165, 1.54) is 0 Å². The van der Waals surface area contributed by atoms with Crippen LogP contribution in [0.25, 0.3) is 0 Å².